The highest BCUT2D eigenvalue weighted by molar-refractivity contribution is 6.82. The third-order valence-electron chi connectivity index (χ3n) is 5.50. The predicted octanol–water partition coefficient (Wildman–Crippen LogP) is 6.50. The summed E-state index contributed by atoms with van der Waals surface area (Å²) in [6, 6.07) is 9.85. The van der Waals surface area contributed by atoms with E-state index in [0.717, 1.165) is 28.3 Å². The van der Waals surface area contributed by atoms with E-state index in [4.69, 9.17) is 4.42 Å². The van der Waals surface area contributed by atoms with Gasteiger partial charge in [-0.2, -0.15) is 0 Å². The Balaban J connectivity index is 2.46. The van der Waals surface area contributed by atoms with Crippen molar-refractivity contribution in [2.45, 2.75) is 71.1 Å². The molecule has 1 aromatic heterocycles. The summed E-state index contributed by atoms with van der Waals surface area (Å²) in [7, 11) is -1.44. The molecule has 0 N–H and O–H groups in total. The van der Waals surface area contributed by atoms with Crippen LogP contribution in [0.15, 0.2) is 28.7 Å². The molecule has 0 atom stereocenters. The van der Waals surface area contributed by atoms with Crippen LogP contribution in [0.4, 0.5) is 0 Å². The molecule has 0 amide bonds. The zero-order valence-corrected chi connectivity index (χ0v) is 15.7. The van der Waals surface area contributed by atoms with Gasteiger partial charge in [0.1, 0.15) is 11.3 Å². The zero-order chi connectivity index (χ0) is 15.8. The Morgan fingerprint density at radius 1 is 0.952 bits per heavy atom. The third kappa shape index (κ3) is 2.83. The van der Waals surface area contributed by atoms with Crippen molar-refractivity contribution in [1.82, 2.24) is 0 Å². The average Bonchev–Trinajstić information content (AvgIpc) is 2.78. The fourth-order valence-corrected chi connectivity index (χ4v) is 10.3. The number of fused-ring (bicyclic) bond motifs is 1. The second-order valence-corrected chi connectivity index (χ2v) is 13.5. The van der Waals surface area contributed by atoms with Crippen molar-refractivity contribution in [2.24, 2.45) is 0 Å². The molecule has 0 aliphatic carbocycles. The van der Waals surface area contributed by atoms with Crippen LogP contribution in [0.2, 0.25) is 16.6 Å². The van der Waals surface area contributed by atoms with Crippen LogP contribution in [-0.4, -0.2) is 8.07 Å². The van der Waals surface area contributed by atoms with Crippen molar-refractivity contribution in [1.29, 1.82) is 0 Å². The quantitative estimate of drug-likeness (QED) is 0.574. The Morgan fingerprint density at radius 2 is 1.52 bits per heavy atom. The van der Waals surface area contributed by atoms with Gasteiger partial charge in [0.05, 0.1) is 8.07 Å². The molecule has 2 rings (SSSR count). The average molecular weight is 303 g/mol. The molecule has 0 fully saturated rings. The molecule has 0 unspecified atom stereocenters. The minimum absolute atomic E-state index is 0.770. The topological polar surface area (TPSA) is 13.1 Å². The highest BCUT2D eigenvalue weighted by Gasteiger charge is 2.43. The van der Waals surface area contributed by atoms with E-state index in [1.807, 2.05) is 0 Å². The van der Waals surface area contributed by atoms with Crippen LogP contribution in [0.25, 0.3) is 11.0 Å². The van der Waals surface area contributed by atoms with Crippen LogP contribution < -0.4 is 0 Å². The van der Waals surface area contributed by atoms with Crippen LogP contribution in [0, 0.1) is 6.92 Å². The van der Waals surface area contributed by atoms with E-state index in [1.54, 1.807) is 0 Å². The van der Waals surface area contributed by atoms with Gasteiger partial charge in [0.25, 0.3) is 0 Å². The maximum Gasteiger partial charge on any atom is 0.137 e. The van der Waals surface area contributed by atoms with Crippen molar-refractivity contribution in [3.63, 3.8) is 0 Å². The van der Waals surface area contributed by atoms with E-state index in [-0.39, 0.29) is 0 Å². The first kappa shape index (κ1) is 16.3. The molecule has 0 spiro atoms. The van der Waals surface area contributed by atoms with E-state index < -0.39 is 8.07 Å². The SMILES string of the molecule is Cc1cccc2cc(C[Si](C(C)C)(C(C)C)C(C)C)oc12. The first-order valence-corrected chi connectivity index (χ1v) is 10.7. The summed E-state index contributed by atoms with van der Waals surface area (Å²) in [6.45, 7) is 16.6. The molecule has 1 nitrogen and oxygen atoms in total. The normalized spacial score (nSPS) is 13.0. The number of aryl methyl sites for hydroxylation is 1. The number of hydrogen-bond acceptors (Lipinski definition) is 1. The molecule has 21 heavy (non-hydrogen) atoms. The molecule has 116 valence electrons. The van der Waals surface area contributed by atoms with E-state index in [9.17, 15) is 0 Å². The van der Waals surface area contributed by atoms with Crippen molar-refractivity contribution in [3.05, 3.63) is 35.6 Å². The van der Waals surface area contributed by atoms with E-state index in [2.05, 4.69) is 72.7 Å². The number of benzene rings is 1. The molecule has 0 saturated carbocycles. The van der Waals surface area contributed by atoms with Crippen LogP contribution in [0.1, 0.15) is 52.9 Å². The zero-order valence-electron chi connectivity index (χ0n) is 14.7. The lowest BCUT2D eigenvalue weighted by Gasteiger charge is -2.42. The van der Waals surface area contributed by atoms with Gasteiger partial charge in [-0.1, -0.05) is 76.4 Å². The number of furan rings is 1. The maximum atomic E-state index is 6.24. The van der Waals surface area contributed by atoms with E-state index in [0.29, 0.717) is 0 Å². The largest absolute Gasteiger partial charge is 0.461 e. The van der Waals surface area contributed by atoms with Crippen molar-refractivity contribution in [3.8, 4) is 0 Å². The van der Waals surface area contributed by atoms with Crippen molar-refractivity contribution in [2.75, 3.05) is 0 Å². The molecule has 2 heteroatoms. The molecule has 2 aromatic rings. The van der Waals surface area contributed by atoms with Crippen LogP contribution in [0.5, 0.6) is 0 Å². The Bertz CT molecular complexity index is 585. The molecule has 0 saturated heterocycles. The summed E-state index contributed by atoms with van der Waals surface area (Å²) in [5.41, 5.74) is 4.63. The monoisotopic (exact) mass is 302 g/mol. The van der Waals surface area contributed by atoms with E-state index in [1.165, 1.54) is 16.7 Å². The molecule has 0 aliphatic rings. The Morgan fingerprint density at radius 3 is 2.00 bits per heavy atom. The summed E-state index contributed by atoms with van der Waals surface area (Å²) < 4.78 is 6.24. The number of para-hydroxylation sites is 1. The lowest BCUT2D eigenvalue weighted by Crippen LogP contribution is -2.46. The lowest BCUT2D eigenvalue weighted by atomic mass is 10.2. The maximum absolute atomic E-state index is 6.24. The van der Waals surface area contributed by atoms with Crippen molar-refractivity contribution >= 4 is 19.0 Å². The van der Waals surface area contributed by atoms with Gasteiger partial charge in [-0.3, -0.25) is 0 Å². The van der Waals surface area contributed by atoms with Gasteiger partial charge in [0.15, 0.2) is 0 Å². The summed E-state index contributed by atoms with van der Waals surface area (Å²) in [5.74, 6) is 1.20. The highest BCUT2D eigenvalue weighted by Crippen LogP contribution is 2.44. The summed E-state index contributed by atoms with van der Waals surface area (Å²) in [6.07, 6.45) is 0. The predicted molar refractivity (Wildman–Crippen MR) is 95.7 cm³/mol. The standard InChI is InChI=1S/C19H30OSi/c1-13(2)21(14(3)4,15(5)6)12-18-11-17-10-8-9-16(7)19(17)20-18/h8-11,13-15H,12H2,1-7H3. The van der Waals surface area contributed by atoms with Crippen LogP contribution in [0.3, 0.4) is 0 Å². The fraction of sp³-hybridized carbons (Fsp3) is 0.579. The number of rotatable bonds is 5. The fourth-order valence-electron chi connectivity index (χ4n) is 4.26. The van der Waals surface area contributed by atoms with Gasteiger partial charge < -0.3 is 4.42 Å². The molecule has 1 aromatic carbocycles. The molecule has 0 aliphatic heterocycles. The lowest BCUT2D eigenvalue weighted by molar-refractivity contribution is 0.561. The van der Waals surface area contributed by atoms with Gasteiger partial charge in [-0.05, 0) is 18.6 Å². The third-order valence-corrected chi connectivity index (χ3v) is 12.9. The Labute approximate surface area is 130 Å². The van der Waals surface area contributed by atoms with Crippen LogP contribution >= 0.6 is 0 Å². The Kier molecular flexibility index (Phi) is 4.67. The van der Waals surface area contributed by atoms with Gasteiger partial charge in [0, 0.05) is 11.4 Å². The van der Waals surface area contributed by atoms with Crippen molar-refractivity contribution < 1.29 is 4.42 Å². The smallest absolute Gasteiger partial charge is 0.137 e. The highest BCUT2D eigenvalue weighted by atomic mass is 28.3. The minimum Gasteiger partial charge on any atom is -0.461 e. The first-order valence-electron chi connectivity index (χ1n) is 8.27. The molecular formula is C19H30OSi. The second-order valence-electron chi connectivity index (χ2n) is 7.46. The number of hydrogen-bond donors (Lipinski definition) is 0. The second kappa shape index (κ2) is 6.00. The first-order chi connectivity index (χ1) is 9.79. The molecule has 1 heterocycles. The van der Waals surface area contributed by atoms with Gasteiger partial charge in [0.2, 0.25) is 0 Å². The van der Waals surface area contributed by atoms with Crippen LogP contribution in [-0.2, 0) is 6.04 Å². The summed E-state index contributed by atoms with van der Waals surface area (Å²) in [5, 5.41) is 1.25. The molecular weight excluding hydrogens is 272 g/mol. The summed E-state index contributed by atoms with van der Waals surface area (Å²) >= 11 is 0. The molecule has 0 bridgehead atoms. The minimum atomic E-state index is -1.44. The Hall–Kier alpha value is -1.02. The van der Waals surface area contributed by atoms with Gasteiger partial charge >= 0.3 is 0 Å². The van der Waals surface area contributed by atoms with Gasteiger partial charge in [-0.25, -0.2) is 0 Å². The summed E-state index contributed by atoms with van der Waals surface area (Å²) in [4.78, 5) is 0. The van der Waals surface area contributed by atoms with E-state index >= 15 is 0 Å². The van der Waals surface area contributed by atoms with Gasteiger partial charge in [-0.15, -0.1) is 0 Å². The molecule has 0 radical (unpaired) electrons.